The molecule has 6 heteroatoms. The third-order valence-electron chi connectivity index (χ3n) is 0.614. The van der Waals surface area contributed by atoms with Crippen molar-refractivity contribution >= 4 is 5.78 Å². The Bertz CT molecular complexity index is 173. The van der Waals surface area contributed by atoms with Crippen molar-refractivity contribution in [1.29, 1.82) is 0 Å². The van der Waals surface area contributed by atoms with E-state index in [1.807, 2.05) is 0 Å². The van der Waals surface area contributed by atoms with E-state index in [-0.39, 0.29) is 47.4 Å². The Balaban J connectivity index is 0. The van der Waals surface area contributed by atoms with E-state index in [0.717, 1.165) is 6.92 Å². The fraction of sp³-hybridized carbons (Fsp3) is 0.400. The van der Waals surface area contributed by atoms with E-state index in [2.05, 4.69) is 0 Å². The van der Waals surface area contributed by atoms with Crippen molar-refractivity contribution in [3.63, 3.8) is 0 Å². The number of ketones is 1. The molecule has 0 aliphatic rings. The van der Waals surface area contributed by atoms with Crippen LogP contribution in [0.5, 0.6) is 0 Å². The molecule has 0 aromatic carbocycles. The summed E-state index contributed by atoms with van der Waals surface area (Å²) in [5.74, 6) is -3.01. The van der Waals surface area contributed by atoms with Crippen LogP contribution in [0.2, 0.25) is 0 Å². The predicted molar refractivity (Wildman–Crippen MR) is 24.8 cm³/mol. The Morgan fingerprint density at radius 3 is 1.91 bits per heavy atom. The monoisotopic (exact) mass is 294 g/mol. The molecule has 0 heterocycles. The zero-order valence-electron chi connectivity index (χ0n) is 5.61. The van der Waals surface area contributed by atoms with Crippen LogP contribution in [0.15, 0.2) is 11.8 Å². The van der Waals surface area contributed by atoms with Gasteiger partial charge in [-0.3, -0.25) is 4.79 Å². The van der Waals surface area contributed by atoms with Crippen LogP contribution in [0, 0.1) is 41.3 Å². The maximum Gasteiger partial charge on any atom is 3.00 e. The standard InChI is InChI=1S/C5H5F3O2.Pr/c1-3(9)2-4(10)5(6,7)8;/h2,10H,1H3;/q;+3/p-1. The summed E-state index contributed by atoms with van der Waals surface area (Å²) in [5, 5.41) is 9.87. The third kappa shape index (κ3) is 6.75. The summed E-state index contributed by atoms with van der Waals surface area (Å²) in [6, 6.07) is 0. The summed E-state index contributed by atoms with van der Waals surface area (Å²) in [5.41, 5.74) is 0. The molecule has 0 aromatic rings. The number of hydrogen-bond donors (Lipinski definition) is 0. The van der Waals surface area contributed by atoms with Crippen LogP contribution in [-0.2, 0) is 4.79 Å². The Morgan fingerprint density at radius 1 is 1.45 bits per heavy atom. The van der Waals surface area contributed by atoms with Gasteiger partial charge in [0.05, 0.1) is 0 Å². The minimum absolute atomic E-state index is 0. The minimum atomic E-state index is -4.92. The van der Waals surface area contributed by atoms with Crippen LogP contribution < -0.4 is 5.11 Å². The second-order valence-corrected chi connectivity index (χ2v) is 1.62. The second-order valence-electron chi connectivity index (χ2n) is 1.62. The summed E-state index contributed by atoms with van der Waals surface area (Å²) in [4.78, 5) is 9.92. The van der Waals surface area contributed by atoms with Gasteiger partial charge in [0.1, 0.15) is 0 Å². The van der Waals surface area contributed by atoms with Crippen LogP contribution in [0.1, 0.15) is 6.92 Å². The van der Waals surface area contributed by atoms with Crippen LogP contribution in [0.4, 0.5) is 13.2 Å². The second kappa shape index (κ2) is 5.09. The van der Waals surface area contributed by atoms with Gasteiger partial charge in [0.2, 0.25) is 0 Å². The maximum atomic E-state index is 11.3. The molecule has 0 spiro atoms. The van der Waals surface area contributed by atoms with Crippen LogP contribution >= 0.6 is 0 Å². The van der Waals surface area contributed by atoms with Gasteiger partial charge in [-0.05, 0) is 18.8 Å². The van der Waals surface area contributed by atoms with Crippen LogP contribution in [-0.4, -0.2) is 12.0 Å². The summed E-state index contributed by atoms with van der Waals surface area (Å²) in [7, 11) is 0. The molecule has 0 aromatic heterocycles. The Kier molecular flexibility index (Phi) is 6.44. The van der Waals surface area contributed by atoms with Gasteiger partial charge >= 0.3 is 47.5 Å². The van der Waals surface area contributed by atoms with Gasteiger partial charge < -0.3 is 5.11 Å². The number of hydrogen-bond acceptors (Lipinski definition) is 2. The normalized spacial score (nSPS) is 12.2. The molecular formula is C5H4F3O2Pr+2. The largest absolute Gasteiger partial charge is 3.00 e. The zero-order chi connectivity index (χ0) is 8.36. The molecule has 0 atom stereocenters. The topological polar surface area (TPSA) is 40.1 Å². The molecule has 0 bridgehead atoms. The van der Waals surface area contributed by atoms with E-state index in [9.17, 15) is 23.1 Å². The molecule has 58 valence electrons. The third-order valence-corrected chi connectivity index (χ3v) is 0.614. The first-order valence-corrected chi connectivity index (χ1v) is 2.30. The van der Waals surface area contributed by atoms with E-state index in [0.29, 0.717) is 0 Å². The van der Waals surface area contributed by atoms with Crippen LogP contribution in [0.3, 0.4) is 0 Å². The van der Waals surface area contributed by atoms with Crippen molar-refractivity contribution < 1.29 is 64.4 Å². The first kappa shape index (κ1) is 13.9. The van der Waals surface area contributed by atoms with Gasteiger partial charge in [0, 0.05) is 0 Å². The molecule has 0 amide bonds. The van der Waals surface area contributed by atoms with E-state index in [1.165, 1.54) is 0 Å². The number of halogens is 3. The number of allylic oxidation sites excluding steroid dienone is 2. The van der Waals surface area contributed by atoms with Crippen LogP contribution in [0.25, 0.3) is 0 Å². The molecule has 0 saturated carbocycles. The summed E-state index contributed by atoms with van der Waals surface area (Å²) in [6.45, 7) is 0.879. The molecule has 0 aliphatic heterocycles. The molecule has 0 saturated heterocycles. The molecule has 0 aliphatic carbocycles. The van der Waals surface area contributed by atoms with E-state index in [4.69, 9.17) is 0 Å². The van der Waals surface area contributed by atoms with Gasteiger partial charge in [-0.25, -0.2) is 0 Å². The zero-order valence-corrected chi connectivity index (χ0v) is 9.31. The predicted octanol–water partition coefficient (Wildman–Crippen LogP) is 0.382. The van der Waals surface area contributed by atoms with Crippen molar-refractivity contribution in [3.8, 4) is 0 Å². The quantitative estimate of drug-likeness (QED) is 0.518. The van der Waals surface area contributed by atoms with Crippen molar-refractivity contribution in [2.24, 2.45) is 0 Å². The Hall–Kier alpha value is 0.364. The van der Waals surface area contributed by atoms with Gasteiger partial charge in [-0.1, -0.05) is 0 Å². The summed E-state index contributed by atoms with van der Waals surface area (Å²) < 4.78 is 33.8. The van der Waals surface area contributed by atoms with Crippen molar-refractivity contribution in [1.82, 2.24) is 0 Å². The van der Waals surface area contributed by atoms with Crippen molar-refractivity contribution in [2.75, 3.05) is 0 Å². The molecule has 0 N–H and O–H groups in total. The average molecular weight is 294 g/mol. The molecule has 11 heavy (non-hydrogen) atoms. The molecule has 0 unspecified atom stereocenters. The maximum absolute atomic E-state index is 11.3. The first-order chi connectivity index (χ1) is 4.34. The average Bonchev–Trinajstić information content (AvgIpc) is 1.60. The SMILES string of the molecule is CC(=O)C=C([O-])C(F)(F)F.[Pr+3]. The Morgan fingerprint density at radius 2 is 1.82 bits per heavy atom. The molecule has 2 nitrogen and oxygen atoms in total. The minimum Gasteiger partial charge on any atom is -0.869 e. The van der Waals surface area contributed by atoms with Crippen molar-refractivity contribution in [2.45, 2.75) is 13.1 Å². The van der Waals surface area contributed by atoms with E-state index < -0.39 is 17.7 Å². The fourth-order valence-electron chi connectivity index (χ4n) is 0.266. The van der Waals surface area contributed by atoms with Gasteiger partial charge in [0.15, 0.2) is 5.78 Å². The first-order valence-electron chi connectivity index (χ1n) is 2.30. The summed E-state index contributed by atoms with van der Waals surface area (Å²) >= 11 is 0. The molecule has 0 radical (unpaired) electrons. The molecular weight excluding hydrogens is 290 g/mol. The number of carbonyl (C=O) groups excluding carboxylic acids is 1. The smallest absolute Gasteiger partial charge is 0.869 e. The molecule has 0 rings (SSSR count). The molecule has 0 fully saturated rings. The number of rotatable bonds is 1. The van der Waals surface area contributed by atoms with Gasteiger partial charge in [-0.15, -0.1) is 0 Å². The number of carbonyl (C=O) groups is 1. The fourth-order valence-corrected chi connectivity index (χ4v) is 0.266. The van der Waals surface area contributed by atoms with E-state index in [1.54, 1.807) is 0 Å². The number of alkyl halides is 3. The van der Waals surface area contributed by atoms with Crippen molar-refractivity contribution in [3.05, 3.63) is 11.8 Å². The van der Waals surface area contributed by atoms with Gasteiger partial charge in [-0.2, -0.15) is 13.2 Å². The van der Waals surface area contributed by atoms with Gasteiger partial charge in [0.25, 0.3) is 0 Å². The van der Waals surface area contributed by atoms with E-state index >= 15 is 0 Å². The Labute approximate surface area is 94.4 Å². The summed E-state index contributed by atoms with van der Waals surface area (Å²) in [6.07, 6.45) is -4.91.